The predicted molar refractivity (Wildman–Crippen MR) is 59.8 cm³/mol. The van der Waals surface area contributed by atoms with Gasteiger partial charge < -0.3 is 10.2 Å². The number of nitrogens with zero attached hydrogens (tertiary/aromatic N) is 1. The molecule has 0 amide bonds. The molecule has 5 nitrogen and oxygen atoms in total. The van der Waals surface area contributed by atoms with Crippen LogP contribution < -0.4 is 5.73 Å². The van der Waals surface area contributed by atoms with Crippen LogP contribution in [0.4, 0.5) is 0 Å². The van der Waals surface area contributed by atoms with Crippen LogP contribution in [-0.4, -0.2) is 24.9 Å². The van der Waals surface area contributed by atoms with Gasteiger partial charge in [0.2, 0.25) is 0 Å². The number of oxazole rings is 1. The predicted octanol–water partition coefficient (Wildman–Crippen LogP) is 0.734. The number of rotatable bonds is 2. The first-order valence-electron chi connectivity index (χ1n) is 5.38. The van der Waals surface area contributed by atoms with Crippen LogP contribution in [0.2, 0.25) is 0 Å². The molecule has 1 saturated heterocycles. The summed E-state index contributed by atoms with van der Waals surface area (Å²) in [5.74, 6) is 1.94. The highest BCUT2D eigenvalue weighted by Gasteiger charge is 2.28. The summed E-state index contributed by atoms with van der Waals surface area (Å²) in [4.78, 5) is 4.31. The van der Waals surface area contributed by atoms with E-state index in [0.717, 1.165) is 5.69 Å². The third-order valence-electron chi connectivity index (χ3n) is 3.00. The van der Waals surface area contributed by atoms with Gasteiger partial charge in [-0.2, -0.15) is 0 Å². The largest absolute Gasteiger partial charge is 0.444 e. The Morgan fingerprint density at radius 2 is 2.06 bits per heavy atom. The van der Waals surface area contributed by atoms with Crippen LogP contribution >= 0.6 is 0 Å². The van der Waals surface area contributed by atoms with Crippen LogP contribution in [0.25, 0.3) is 0 Å². The normalized spacial score (nSPS) is 21.1. The lowest BCUT2D eigenvalue weighted by Gasteiger charge is -2.18. The number of aryl methyl sites for hydroxylation is 1. The number of nitrogens with two attached hydrogens (primary N) is 1. The van der Waals surface area contributed by atoms with Crippen LogP contribution in [0.1, 0.15) is 36.1 Å². The Hall–Kier alpha value is -0.880. The lowest BCUT2D eigenvalue weighted by Crippen LogP contribution is -2.22. The van der Waals surface area contributed by atoms with E-state index in [1.54, 1.807) is 0 Å². The lowest BCUT2D eigenvalue weighted by molar-refractivity contribution is 0.401. The van der Waals surface area contributed by atoms with Crippen molar-refractivity contribution in [2.75, 3.05) is 11.5 Å². The second-order valence-corrected chi connectivity index (χ2v) is 6.49. The van der Waals surface area contributed by atoms with Crippen molar-refractivity contribution in [1.29, 1.82) is 0 Å². The molecular weight excluding hydrogens is 228 g/mol. The molecule has 0 unspecified atom stereocenters. The molecule has 16 heavy (non-hydrogen) atoms. The van der Waals surface area contributed by atoms with Gasteiger partial charge in [0.15, 0.2) is 5.89 Å². The highest BCUT2D eigenvalue weighted by molar-refractivity contribution is 7.91. The molecule has 0 bridgehead atoms. The minimum atomic E-state index is -2.83. The van der Waals surface area contributed by atoms with Crippen molar-refractivity contribution in [1.82, 2.24) is 4.98 Å². The van der Waals surface area contributed by atoms with E-state index in [-0.39, 0.29) is 17.4 Å². The third kappa shape index (κ3) is 2.27. The molecule has 2 rings (SSSR count). The molecule has 1 aliphatic heterocycles. The molecule has 1 aliphatic rings. The molecule has 90 valence electrons. The summed E-state index contributed by atoms with van der Waals surface area (Å²) < 4.78 is 28.1. The summed E-state index contributed by atoms with van der Waals surface area (Å²) >= 11 is 0. The van der Waals surface area contributed by atoms with E-state index in [0.29, 0.717) is 31.0 Å². The number of aromatic nitrogens is 1. The van der Waals surface area contributed by atoms with Crippen LogP contribution in [0.15, 0.2) is 4.42 Å². The summed E-state index contributed by atoms with van der Waals surface area (Å²) in [5.41, 5.74) is 6.32. The lowest BCUT2D eigenvalue weighted by atomic mass is 10.0. The van der Waals surface area contributed by atoms with E-state index in [1.807, 2.05) is 6.92 Å². The SMILES string of the molecule is Cc1nc(C2CCS(=O)(=O)CC2)oc1CN. The number of hydrogen-bond acceptors (Lipinski definition) is 5. The van der Waals surface area contributed by atoms with Gasteiger partial charge in [-0.3, -0.25) is 0 Å². The summed E-state index contributed by atoms with van der Waals surface area (Å²) in [6.45, 7) is 2.19. The Labute approximate surface area is 95.0 Å². The molecule has 6 heteroatoms. The van der Waals surface area contributed by atoms with Crippen molar-refractivity contribution in [2.45, 2.75) is 32.2 Å². The molecule has 0 aromatic carbocycles. The molecule has 0 aliphatic carbocycles. The van der Waals surface area contributed by atoms with E-state index >= 15 is 0 Å². The fourth-order valence-electron chi connectivity index (χ4n) is 1.95. The molecule has 0 spiro atoms. The molecule has 0 saturated carbocycles. The Balaban J connectivity index is 2.14. The monoisotopic (exact) mass is 244 g/mol. The summed E-state index contributed by atoms with van der Waals surface area (Å²) in [7, 11) is -2.83. The Bertz CT molecular complexity index is 464. The quantitative estimate of drug-likeness (QED) is 0.829. The Kier molecular flexibility index (Phi) is 3.03. The number of hydrogen-bond donors (Lipinski definition) is 1. The fourth-order valence-corrected chi connectivity index (χ4v) is 3.44. The van der Waals surface area contributed by atoms with Crippen LogP contribution in [0, 0.1) is 6.92 Å². The van der Waals surface area contributed by atoms with Crippen molar-refractivity contribution in [2.24, 2.45) is 5.73 Å². The fraction of sp³-hybridized carbons (Fsp3) is 0.700. The van der Waals surface area contributed by atoms with Gasteiger partial charge in [-0.1, -0.05) is 0 Å². The van der Waals surface area contributed by atoms with Crippen LogP contribution in [0.3, 0.4) is 0 Å². The number of sulfone groups is 1. The summed E-state index contributed by atoms with van der Waals surface area (Å²) in [5, 5.41) is 0. The zero-order valence-electron chi connectivity index (χ0n) is 9.27. The second kappa shape index (κ2) is 4.18. The molecular formula is C10H16N2O3S. The minimum absolute atomic E-state index is 0.127. The molecule has 1 fully saturated rings. The van der Waals surface area contributed by atoms with Gasteiger partial charge in [-0.05, 0) is 19.8 Å². The summed E-state index contributed by atoms with van der Waals surface area (Å²) in [6.07, 6.45) is 1.21. The van der Waals surface area contributed by atoms with Gasteiger partial charge in [0.1, 0.15) is 15.6 Å². The van der Waals surface area contributed by atoms with Crippen LogP contribution in [0.5, 0.6) is 0 Å². The minimum Gasteiger partial charge on any atom is -0.444 e. The maximum Gasteiger partial charge on any atom is 0.197 e. The van der Waals surface area contributed by atoms with Gasteiger partial charge in [0.05, 0.1) is 23.7 Å². The first-order valence-corrected chi connectivity index (χ1v) is 7.20. The van der Waals surface area contributed by atoms with Gasteiger partial charge in [-0.25, -0.2) is 13.4 Å². The first kappa shape index (κ1) is 11.6. The highest BCUT2D eigenvalue weighted by atomic mass is 32.2. The standard InChI is InChI=1S/C10H16N2O3S/c1-7-9(6-11)15-10(12-7)8-2-4-16(13,14)5-3-8/h8H,2-6,11H2,1H3. The van der Waals surface area contributed by atoms with E-state index in [4.69, 9.17) is 10.2 Å². The van der Waals surface area contributed by atoms with E-state index in [9.17, 15) is 8.42 Å². The third-order valence-corrected chi connectivity index (χ3v) is 4.71. The topological polar surface area (TPSA) is 86.2 Å². The van der Waals surface area contributed by atoms with E-state index in [1.165, 1.54) is 0 Å². The van der Waals surface area contributed by atoms with Gasteiger partial charge >= 0.3 is 0 Å². The molecule has 0 atom stereocenters. The molecule has 2 heterocycles. The smallest absolute Gasteiger partial charge is 0.197 e. The van der Waals surface area contributed by atoms with Crippen molar-refractivity contribution in [3.8, 4) is 0 Å². The highest BCUT2D eigenvalue weighted by Crippen LogP contribution is 2.29. The van der Waals surface area contributed by atoms with Crippen molar-refractivity contribution < 1.29 is 12.8 Å². The van der Waals surface area contributed by atoms with Crippen molar-refractivity contribution in [3.63, 3.8) is 0 Å². The molecule has 2 N–H and O–H groups in total. The van der Waals surface area contributed by atoms with Crippen LogP contribution in [-0.2, 0) is 16.4 Å². The van der Waals surface area contributed by atoms with E-state index < -0.39 is 9.84 Å². The Morgan fingerprint density at radius 3 is 2.56 bits per heavy atom. The maximum absolute atomic E-state index is 11.3. The maximum atomic E-state index is 11.3. The zero-order chi connectivity index (χ0) is 11.8. The van der Waals surface area contributed by atoms with Crippen molar-refractivity contribution in [3.05, 3.63) is 17.3 Å². The van der Waals surface area contributed by atoms with Gasteiger partial charge in [0, 0.05) is 5.92 Å². The average molecular weight is 244 g/mol. The first-order chi connectivity index (χ1) is 7.52. The van der Waals surface area contributed by atoms with Crippen molar-refractivity contribution >= 4 is 9.84 Å². The van der Waals surface area contributed by atoms with Gasteiger partial charge in [-0.15, -0.1) is 0 Å². The summed E-state index contributed by atoms with van der Waals surface area (Å²) in [6, 6.07) is 0. The zero-order valence-corrected chi connectivity index (χ0v) is 10.1. The molecule has 1 aromatic rings. The molecule has 1 aromatic heterocycles. The second-order valence-electron chi connectivity index (χ2n) is 4.19. The molecule has 0 radical (unpaired) electrons. The van der Waals surface area contributed by atoms with Gasteiger partial charge in [0.25, 0.3) is 0 Å². The Morgan fingerprint density at radius 1 is 1.44 bits per heavy atom. The average Bonchev–Trinajstić information content (AvgIpc) is 2.59. The van der Waals surface area contributed by atoms with E-state index in [2.05, 4.69) is 4.98 Å².